The molecule has 0 spiro atoms. The molecule has 0 saturated heterocycles. The highest BCUT2D eigenvalue weighted by Gasteiger charge is 2.13. The van der Waals surface area contributed by atoms with Gasteiger partial charge >= 0.3 is 0 Å². The van der Waals surface area contributed by atoms with Gasteiger partial charge in [-0.05, 0) is 53.6 Å². The normalized spacial score (nSPS) is 10.8. The number of ether oxygens (including phenoxy) is 4. The van der Waals surface area contributed by atoms with Crippen molar-refractivity contribution in [2.45, 2.75) is 6.61 Å². The molecule has 0 aliphatic rings. The Hall–Kier alpha value is -4.79. The van der Waals surface area contributed by atoms with E-state index in [0.29, 0.717) is 35.3 Å². The summed E-state index contributed by atoms with van der Waals surface area (Å²) in [5.41, 5.74) is 5.89. The second kappa shape index (κ2) is 11.6. The van der Waals surface area contributed by atoms with Crippen LogP contribution in [0.2, 0.25) is 0 Å². The summed E-state index contributed by atoms with van der Waals surface area (Å²) in [7, 11) is 4.71. The SMILES string of the molecule is COc1ccc(-c2cc(C(=O)NN=Cc3ccc(OC)c(OCc4ccccc4)c3)[nH]n2)cc1OC. The Labute approximate surface area is 208 Å². The van der Waals surface area contributed by atoms with E-state index in [-0.39, 0.29) is 5.69 Å². The molecular weight excluding hydrogens is 460 g/mol. The van der Waals surface area contributed by atoms with Crippen molar-refractivity contribution in [2.75, 3.05) is 21.3 Å². The minimum atomic E-state index is -0.431. The van der Waals surface area contributed by atoms with Crippen molar-refractivity contribution in [3.63, 3.8) is 0 Å². The zero-order chi connectivity index (χ0) is 25.3. The summed E-state index contributed by atoms with van der Waals surface area (Å²) in [4.78, 5) is 12.5. The molecule has 1 heterocycles. The second-order valence-corrected chi connectivity index (χ2v) is 7.62. The van der Waals surface area contributed by atoms with Crippen molar-refractivity contribution >= 4 is 12.1 Å². The van der Waals surface area contributed by atoms with Gasteiger partial charge in [-0.3, -0.25) is 9.89 Å². The summed E-state index contributed by atoms with van der Waals surface area (Å²) >= 11 is 0. The molecule has 0 aliphatic carbocycles. The van der Waals surface area contributed by atoms with E-state index < -0.39 is 5.91 Å². The summed E-state index contributed by atoms with van der Waals surface area (Å²) in [6.45, 7) is 0.400. The number of aromatic nitrogens is 2. The Bertz CT molecular complexity index is 1350. The van der Waals surface area contributed by atoms with E-state index in [0.717, 1.165) is 16.7 Å². The Morgan fingerprint density at radius 3 is 2.36 bits per heavy atom. The molecule has 36 heavy (non-hydrogen) atoms. The average molecular weight is 487 g/mol. The average Bonchev–Trinajstić information content (AvgIpc) is 3.43. The Kier molecular flexibility index (Phi) is 7.82. The predicted octanol–water partition coefficient (Wildman–Crippen LogP) is 4.45. The monoisotopic (exact) mass is 486 g/mol. The van der Waals surface area contributed by atoms with E-state index in [1.807, 2.05) is 42.5 Å². The van der Waals surface area contributed by atoms with Gasteiger partial charge in [-0.25, -0.2) is 5.43 Å². The number of hydrogen-bond acceptors (Lipinski definition) is 7. The molecule has 0 aliphatic heterocycles. The molecule has 0 bridgehead atoms. The number of benzene rings is 3. The van der Waals surface area contributed by atoms with Crippen LogP contribution in [-0.2, 0) is 6.61 Å². The molecule has 0 saturated carbocycles. The van der Waals surface area contributed by atoms with Gasteiger partial charge < -0.3 is 18.9 Å². The number of nitrogens with zero attached hydrogens (tertiary/aromatic N) is 2. The van der Waals surface area contributed by atoms with Crippen LogP contribution in [0.4, 0.5) is 0 Å². The van der Waals surface area contributed by atoms with Crippen molar-refractivity contribution < 1.29 is 23.7 Å². The van der Waals surface area contributed by atoms with Crippen LogP contribution in [0.1, 0.15) is 21.6 Å². The van der Waals surface area contributed by atoms with Gasteiger partial charge in [0, 0.05) is 5.56 Å². The molecule has 9 heteroatoms. The van der Waals surface area contributed by atoms with E-state index in [1.54, 1.807) is 51.7 Å². The molecule has 4 aromatic rings. The molecule has 0 fully saturated rings. The largest absolute Gasteiger partial charge is 0.493 e. The van der Waals surface area contributed by atoms with E-state index in [9.17, 15) is 4.79 Å². The fraction of sp³-hybridized carbons (Fsp3) is 0.148. The van der Waals surface area contributed by atoms with Gasteiger partial charge in [0.2, 0.25) is 0 Å². The van der Waals surface area contributed by atoms with Crippen LogP contribution < -0.4 is 24.4 Å². The number of amides is 1. The van der Waals surface area contributed by atoms with E-state index >= 15 is 0 Å². The van der Waals surface area contributed by atoms with Gasteiger partial charge in [0.15, 0.2) is 23.0 Å². The lowest BCUT2D eigenvalue weighted by Crippen LogP contribution is -2.18. The molecule has 0 atom stereocenters. The van der Waals surface area contributed by atoms with Crippen LogP contribution in [0.15, 0.2) is 77.9 Å². The minimum absolute atomic E-state index is 0.263. The van der Waals surface area contributed by atoms with E-state index in [4.69, 9.17) is 18.9 Å². The third-order valence-electron chi connectivity index (χ3n) is 5.31. The zero-order valence-electron chi connectivity index (χ0n) is 20.1. The number of hydrogen-bond donors (Lipinski definition) is 2. The van der Waals surface area contributed by atoms with Gasteiger partial charge in [-0.2, -0.15) is 10.2 Å². The smallest absolute Gasteiger partial charge is 0.289 e. The summed E-state index contributed by atoms with van der Waals surface area (Å²) in [5, 5.41) is 11.0. The number of aromatic amines is 1. The molecule has 4 rings (SSSR count). The highest BCUT2D eigenvalue weighted by molar-refractivity contribution is 5.94. The predicted molar refractivity (Wildman–Crippen MR) is 136 cm³/mol. The maximum atomic E-state index is 12.5. The number of methoxy groups -OCH3 is 3. The van der Waals surface area contributed by atoms with Crippen molar-refractivity contribution in [1.29, 1.82) is 0 Å². The highest BCUT2D eigenvalue weighted by Crippen LogP contribution is 2.32. The van der Waals surface area contributed by atoms with Crippen LogP contribution in [0.25, 0.3) is 11.3 Å². The van der Waals surface area contributed by atoms with E-state index in [2.05, 4.69) is 20.7 Å². The first-order chi connectivity index (χ1) is 17.6. The number of carbonyl (C=O) groups excluding carboxylic acids is 1. The molecule has 2 N–H and O–H groups in total. The number of nitrogens with one attached hydrogen (secondary N) is 2. The van der Waals surface area contributed by atoms with Crippen LogP contribution in [0, 0.1) is 0 Å². The van der Waals surface area contributed by atoms with Crippen LogP contribution in [0.3, 0.4) is 0 Å². The van der Waals surface area contributed by atoms with Crippen molar-refractivity contribution in [2.24, 2.45) is 5.10 Å². The van der Waals surface area contributed by atoms with Gasteiger partial charge in [0.1, 0.15) is 12.3 Å². The minimum Gasteiger partial charge on any atom is -0.493 e. The third-order valence-corrected chi connectivity index (χ3v) is 5.31. The van der Waals surface area contributed by atoms with Gasteiger partial charge in [-0.15, -0.1) is 0 Å². The first-order valence-electron chi connectivity index (χ1n) is 11.1. The number of hydrazone groups is 1. The molecule has 9 nitrogen and oxygen atoms in total. The standard InChI is InChI=1S/C27H26N4O5/c1-33-23-12-10-20(14-25(23)35-3)21-15-22(30-29-21)27(32)31-28-16-19-9-11-24(34-2)26(13-19)36-17-18-7-5-4-6-8-18/h4-16H,17H2,1-3H3,(H,29,30)(H,31,32). The molecular formula is C27H26N4O5. The fourth-order valence-corrected chi connectivity index (χ4v) is 3.43. The maximum absolute atomic E-state index is 12.5. The van der Waals surface area contributed by atoms with Gasteiger partial charge in [0.25, 0.3) is 5.91 Å². The Morgan fingerprint density at radius 1 is 0.889 bits per heavy atom. The number of carbonyl (C=O) groups is 1. The number of rotatable bonds is 10. The molecule has 1 aromatic heterocycles. The van der Waals surface area contributed by atoms with Gasteiger partial charge in [-0.1, -0.05) is 30.3 Å². The summed E-state index contributed by atoms with van der Waals surface area (Å²) < 4.78 is 21.9. The van der Waals surface area contributed by atoms with Crippen LogP contribution in [0.5, 0.6) is 23.0 Å². The van der Waals surface area contributed by atoms with E-state index in [1.165, 1.54) is 6.21 Å². The first-order valence-corrected chi connectivity index (χ1v) is 11.1. The van der Waals surface area contributed by atoms with Crippen LogP contribution >= 0.6 is 0 Å². The van der Waals surface area contributed by atoms with Crippen molar-refractivity contribution in [3.05, 3.63) is 89.6 Å². The fourth-order valence-electron chi connectivity index (χ4n) is 3.43. The molecule has 3 aromatic carbocycles. The topological polar surface area (TPSA) is 107 Å². The molecule has 0 radical (unpaired) electrons. The molecule has 0 unspecified atom stereocenters. The Balaban J connectivity index is 1.40. The van der Waals surface area contributed by atoms with Crippen LogP contribution in [-0.4, -0.2) is 43.6 Å². The summed E-state index contributed by atoms with van der Waals surface area (Å²) in [5.74, 6) is 1.92. The lowest BCUT2D eigenvalue weighted by Gasteiger charge is -2.11. The lowest BCUT2D eigenvalue weighted by atomic mass is 10.1. The summed E-state index contributed by atoms with van der Waals surface area (Å²) in [6.07, 6.45) is 1.53. The van der Waals surface area contributed by atoms with Crippen molar-refractivity contribution in [3.8, 4) is 34.3 Å². The quantitative estimate of drug-likeness (QED) is 0.253. The van der Waals surface area contributed by atoms with Crippen molar-refractivity contribution in [1.82, 2.24) is 15.6 Å². The highest BCUT2D eigenvalue weighted by atomic mass is 16.5. The second-order valence-electron chi connectivity index (χ2n) is 7.62. The summed E-state index contributed by atoms with van der Waals surface area (Å²) in [6, 6.07) is 22.3. The molecule has 1 amide bonds. The lowest BCUT2D eigenvalue weighted by molar-refractivity contribution is 0.0950. The molecule has 184 valence electrons. The number of H-pyrrole nitrogens is 1. The third kappa shape index (κ3) is 5.82. The maximum Gasteiger partial charge on any atom is 0.289 e. The first kappa shape index (κ1) is 24.3. The van der Waals surface area contributed by atoms with Gasteiger partial charge in [0.05, 0.1) is 33.2 Å². The zero-order valence-corrected chi connectivity index (χ0v) is 20.1. The Morgan fingerprint density at radius 2 is 1.61 bits per heavy atom.